The minimum absolute atomic E-state index is 0.112. The Morgan fingerprint density at radius 3 is 2.48 bits per heavy atom. The molecule has 1 aliphatic heterocycles. The number of carbonyl (C=O) groups excluding carboxylic acids is 1. The van der Waals surface area contributed by atoms with E-state index in [2.05, 4.69) is 57.8 Å². The fourth-order valence-electron chi connectivity index (χ4n) is 3.08. The van der Waals surface area contributed by atoms with Gasteiger partial charge >= 0.3 is 0 Å². The molecule has 140 valence electrons. The maximum atomic E-state index is 12.1. The number of piperazine rings is 1. The summed E-state index contributed by atoms with van der Waals surface area (Å²) in [6.45, 7) is 4.81. The Morgan fingerprint density at radius 1 is 1.07 bits per heavy atom. The minimum atomic E-state index is -0.112. The SMILES string of the molecule is CN1CCN(c2ccc(NCCC(=O)Nc3ccccc3C#N)cc2)CC1. The second-order valence-corrected chi connectivity index (χ2v) is 6.72. The Kier molecular flexibility index (Phi) is 6.29. The number of amides is 1. The summed E-state index contributed by atoms with van der Waals surface area (Å²) in [6, 6.07) is 17.4. The molecule has 3 rings (SSSR count). The molecule has 0 spiro atoms. The molecule has 27 heavy (non-hydrogen) atoms. The smallest absolute Gasteiger partial charge is 0.226 e. The Hall–Kier alpha value is -3.04. The van der Waals surface area contributed by atoms with Crippen LogP contribution in [0.5, 0.6) is 0 Å². The van der Waals surface area contributed by atoms with Crippen LogP contribution in [0, 0.1) is 11.3 Å². The molecule has 2 aromatic rings. The number of hydrogen-bond acceptors (Lipinski definition) is 5. The predicted molar refractivity (Wildman–Crippen MR) is 109 cm³/mol. The highest BCUT2D eigenvalue weighted by Crippen LogP contribution is 2.19. The third kappa shape index (κ3) is 5.22. The van der Waals surface area contributed by atoms with E-state index < -0.39 is 0 Å². The Labute approximate surface area is 160 Å². The van der Waals surface area contributed by atoms with Crippen LogP contribution >= 0.6 is 0 Å². The Bertz CT molecular complexity index is 804. The van der Waals surface area contributed by atoms with E-state index in [4.69, 9.17) is 5.26 Å². The molecule has 0 radical (unpaired) electrons. The highest BCUT2D eigenvalue weighted by Gasteiger charge is 2.14. The molecule has 1 amide bonds. The fraction of sp³-hybridized carbons (Fsp3) is 0.333. The zero-order valence-electron chi connectivity index (χ0n) is 15.6. The fourth-order valence-corrected chi connectivity index (χ4v) is 3.08. The lowest BCUT2D eigenvalue weighted by atomic mass is 10.2. The van der Waals surface area contributed by atoms with Gasteiger partial charge in [0.1, 0.15) is 6.07 Å². The summed E-state index contributed by atoms with van der Waals surface area (Å²) >= 11 is 0. The van der Waals surface area contributed by atoms with E-state index in [9.17, 15) is 4.79 Å². The van der Waals surface area contributed by atoms with Crippen LogP contribution in [0.15, 0.2) is 48.5 Å². The van der Waals surface area contributed by atoms with Crippen LogP contribution in [-0.4, -0.2) is 50.6 Å². The first-order chi connectivity index (χ1) is 13.2. The first-order valence-corrected chi connectivity index (χ1v) is 9.22. The highest BCUT2D eigenvalue weighted by molar-refractivity contribution is 5.92. The van der Waals surface area contributed by atoms with Gasteiger partial charge in [-0.05, 0) is 43.4 Å². The van der Waals surface area contributed by atoms with Crippen molar-refractivity contribution in [1.29, 1.82) is 5.26 Å². The molecule has 1 saturated heterocycles. The first-order valence-electron chi connectivity index (χ1n) is 9.22. The van der Waals surface area contributed by atoms with Gasteiger partial charge in [-0.2, -0.15) is 5.26 Å². The van der Waals surface area contributed by atoms with Crippen LogP contribution in [0.4, 0.5) is 17.1 Å². The third-order valence-electron chi connectivity index (χ3n) is 4.74. The molecule has 6 heteroatoms. The molecular formula is C21H25N5O. The first kappa shape index (κ1) is 18.7. The van der Waals surface area contributed by atoms with Gasteiger partial charge in [-0.1, -0.05) is 12.1 Å². The lowest BCUT2D eigenvalue weighted by molar-refractivity contribution is -0.115. The molecule has 0 aromatic heterocycles. The number of nitriles is 1. The van der Waals surface area contributed by atoms with Crippen LogP contribution in [-0.2, 0) is 4.79 Å². The van der Waals surface area contributed by atoms with Crippen LogP contribution in [0.2, 0.25) is 0 Å². The van der Waals surface area contributed by atoms with E-state index in [0.717, 1.165) is 31.9 Å². The lowest BCUT2D eigenvalue weighted by Crippen LogP contribution is -2.44. The quantitative estimate of drug-likeness (QED) is 0.826. The molecule has 2 aromatic carbocycles. The van der Waals surface area contributed by atoms with Crippen molar-refractivity contribution in [3.8, 4) is 6.07 Å². The highest BCUT2D eigenvalue weighted by atomic mass is 16.1. The molecule has 1 fully saturated rings. The average Bonchev–Trinajstić information content (AvgIpc) is 2.69. The summed E-state index contributed by atoms with van der Waals surface area (Å²) < 4.78 is 0. The van der Waals surface area contributed by atoms with Crippen LogP contribution < -0.4 is 15.5 Å². The zero-order chi connectivity index (χ0) is 19.1. The van der Waals surface area contributed by atoms with Crippen molar-refractivity contribution in [2.45, 2.75) is 6.42 Å². The van der Waals surface area contributed by atoms with Gasteiger partial charge in [0.2, 0.25) is 5.91 Å². The van der Waals surface area contributed by atoms with E-state index in [-0.39, 0.29) is 5.91 Å². The number of likely N-dealkylation sites (N-methyl/N-ethyl adjacent to an activating group) is 1. The maximum Gasteiger partial charge on any atom is 0.226 e. The largest absolute Gasteiger partial charge is 0.385 e. The van der Waals surface area contributed by atoms with Gasteiger partial charge in [0.25, 0.3) is 0 Å². The zero-order valence-corrected chi connectivity index (χ0v) is 15.6. The number of hydrogen-bond donors (Lipinski definition) is 2. The summed E-state index contributed by atoms with van der Waals surface area (Å²) in [5.74, 6) is -0.112. The molecule has 2 N–H and O–H groups in total. The number of carbonyl (C=O) groups is 1. The number of nitrogens with zero attached hydrogens (tertiary/aromatic N) is 3. The van der Waals surface area contributed by atoms with Crippen LogP contribution in [0.3, 0.4) is 0 Å². The number of benzene rings is 2. The maximum absolute atomic E-state index is 12.1. The lowest BCUT2D eigenvalue weighted by Gasteiger charge is -2.34. The monoisotopic (exact) mass is 363 g/mol. The number of anilines is 3. The van der Waals surface area contributed by atoms with E-state index in [1.54, 1.807) is 24.3 Å². The number of nitrogens with one attached hydrogen (secondary N) is 2. The van der Waals surface area contributed by atoms with Gasteiger partial charge in [0, 0.05) is 50.5 Å². The third-order valence-corrected chi connectivity index (χ3v) is 4.74. The van der Waals surface area contributed by atoms with Gasteiger partial charge in [0.15, 0.2) is 0 Å². The summed E-state index contributed by atoms with van der Waals surface area (Å²) in [5.41, 5.74) is 3.26. The van der Waals surface area contributed by atoms with Crippen molar-refractivity contribution in [2.24, 2.45) is 0 Å². The van der Waals surface area contributed by atoms with Gasteiger partial charge in [0.05, 0.1) is 11.3 Å². The van der Waals surface area contributed by atoms with E-state index in [0.29, 0.717) is 24.2 Å². The summed E-state index contributed by atoms with van der Waals surface area (Å²) in [7, 11) is 2.15. The van der Waals surface area contributed by atoms with E-state index in [1.165, 1.54) is 5.69 Å². The van der Waals surface area contributed by atoms with Crippen molar-refractivity contribution in [3.63, 3.8) is 0 Å². The predicted octanol–water partition coefficient (Wildman–Crippen LogP) is 2.75. The summed E-state index contributed by atoms with van der Waals surface area (Å²) in [5, 5.41) is 15.1. The number of para-hydroxylation sites is 1. The molecule has 0 saturated carbocycles. The molecule has 0 aliphatic carbocycles. The second kappa shape index (κ2) is 9.06. The van der Waals surface area contributed by atoms with Crippen molar-refractivity contribution in [3.05, 3.63) is 54.1 Å². The summed E-state index contributed by atoms with van der Waals surface area (Å²) in [6.07, 6.45) is 0.333. The molecule has 0 bridgehead atoms. The van der Waals surface area contributed by atoms with Gasteiger partial charge in [-0.25, -0.2) is 0 Å². The van der Waals surface area contributed by atoms with E-state index >= 15 is 0 Å². The number of rotatable bonds is 6. The van der Waals surface area contributed by atoms with Gasteiger partial charge < -0.3 is 20.4 Å². The standard InChI is InChI=1S/C21H25N5O/c1-25-12-14-26(15-13-25)19-8-6-18(7-9-19)23-11-10-21(27)24-20-5-3-2-4-17(20)16-22/h2-9,23H,10-15H2,1H3,(H,24,27). The van der Waals surface area contributed by atoms with Gasteiger partial charge in [-0.15, -0.1) is 0 Å². The van der Waals surface area contributed by atoms with Crippen LogP contribution in [0.25, 0.3) is 0 Å². The van der Waals surface area contributed by atoms with E-state index in [1.807, 2.05) is 0 Å². The van der Waals surface area contributed by atoms with Crippen molar-refractivity contribution >= 4 is 23.0 Å². The van der Waals surface area contributed by atoms with Crippen molar-refractivity contribution in [1.82, 2.24) is 4.90 Å². The molecule has 0 unspecified atom stereocenters. The molecular weight excluding hydrogens is 338 g/mol. The van der Waals surface area contributed by atoms with Crippen molar-refractivity contribution in [2.75, 3.05) is 55.3 Å². The Morgan fingerprint density at radius 2 is 1.78 bits per heavy atom. The van der Waals surface area contributed by atoms with Crippen molar-refractivity contribution < 1.29 is 4.79 Å². The average molecular weight is 363 g/mol. The molecule has 0 atom stereocenters. The Balaban J connectivity index is 1.45. The summed E-state index contributed by atoms with van der Waals surface area (Å²) in [4.78, 5) is 16.8. The second-order valence-electron chi connectivity index (χ2n) is 6.72. The van der Waals surface area contributed by atoms with Gasteiger partial charge in [-0.3, -0.25) is 4.79 Å². The molecule has 1 heterocycles. The molecule has 1 aliphatic rings. The minimum Gasteiger partial charge on any atom is -0.385 e. The normalized spacial score (nSPS) is 14.4. The van der Waals surface area contributed by atoms with Crippen LogP contribution in [0.1, 0.15) is 12.0 Å². The molecule has 6 nitrogen and oxygen atoms in total. The topological polar surface area (TPSA) is 71.4 Å².